The van der Waals surface area contributed by atoms with Crippen LogP contribution >= 0.6 is 11.6 Å². The lowest BCUT2D eigenvalue weighted by Gasteiger charge is -2.06. The number of carbonyl (C=O) groups is 1. The second-order valence-corrected chi connectivity index (χ2v) is 4.78. The summed E-state index contributed by atoms with van der Waals surface area (Å²) in [7, 11) is 0. The van der Waals surface area contributed by atoms with E-state index in [1.54, 1.807) is 30.3 Å². The number of rotatable bonds is 6. The zero-order chi connectivity index (χ0) is 15.8. The zero-order valence-electron chi connectivity index (χ0n) is 11.8. The van der Waals surface area contributed by atoms with Crippen molar-refractivity contribution in [1.82, 2.24) is 5.43 Å². The molecule has 0 aliphatic heterocycles. The van der Waals surface area contributed by atoms with Crippen LogP contribution in [0.4, 0.5) is 0 Å². The Morgan fingerprint density at radius 1 is 1.23 bits per heavy atom. The molecular formula is C17H15ClN2O2. The van der Waals surface area contributed by atoms with Crippen LogP contribution in [0.2, 0.25) is 5.02 Å². The highest BCUT2D eigenvalue weighted by atomic mass is 35.5. The number of benzene rings is 2. The number of nitrogens with zero attached hydrogens (tertiary/aromatic N) is 1. The van der Waals surface area contributed by atoms with Crippen molar-refractivity contribution in [2.45, 2.75) is 0 Å². The van der Waals surface area contributed by atoms with Crippen molar-refractivity contribution in [3.05, 3.63) is 77.3 Å². The first-order valence-corrected chi connectivity index (χ1v) is 7.00. The topological polar surface area (TPSA) is 50.7 Å². The van der Waals surface area contributed by atoms with E-state index in [-0.39, 0.29) is 5.91 Å². The van der Waals surface area contributed by atoms with Gasteiger partial charge in [-0.05, 0) is 36.4 Å². The molecule has 112 valence electrons. The third-order valence-electron chi connectivity index (χ3n) is 2.75. The Kier molecular flexibility index (Phi) is 5.74. The largest absolute Gasteiger partial charge is 0.489 e. The molecule has 0 atom stereocenters. The Hall–Kier alpha value is -2.59. The second-order valence-electron chi connectivity index (χ2n) is 4.34. The van der Waals surface area contributed by atoms with Gasteiger partial charge in [0.25, 0.3) is 5.91 Å². The molecule has 0 aliphatic rings. The number of para-hydroxylation sites is 1. The monoisotopic (exact) mass is 314 g/mol. The molecule has 0 aliphatic carbocycles. The quantitative estimate of drug-likeness (QED) is 0.502. The fourth-order valence-corrected chi connectivity index (χ4v) is 1.82. The average molecular weight is 315 g/mol. The van der Waals surface area contributed by atoms with Crippen LogP contribution in [0.5, 0.6) is 5.75 Å². The summed E-state index contributed by atoms with van der Waals surface area (Å²) in [5.74, 6) is 0.365. The Balaban J connectivity index is 2.01. The molecule has 1 amide bonds. The summed E-state index contributed by atoms with van der Waals surface area (Å²) >= 11 is 5.78. The molecule has 0 unspecified atom stereocenters. The molecular weight excluding hydrogens is 300 g/mol. The maximum Gasteiger partial charge on any atom is 0.271 e. The number of hydrogen-bond acceptors (Lipinski definition) is 3. The van der Waals surface area contributed by atoms with Gasteiger partial charge in [-0.15, -0.1) is 0 Å². The molecule has 1 N–H and O–H groups in total. The first kappa shape index (κ1) is 15.8. The van der Waals surface area contributed by atoms with Crippen molar-refractivity contribution >= 4 is 23.7 Å². The van der Waals surface area contributed by atoms with E-state index in [4.69, 9.17) is 16.3 Å². The second kappa shape index (κ2) is 8.00. The maximum atomic E-state index is 11.9. The number of carbonyl (C=O) groups excluding carboxylic acids is 1. The molecule has 0 aromatic heterocycles. The smallest absolute Gasteiger partial charge is 0.271 e. The third-order valence-corrected chi connectivity index (χ3v) is 3.00. The van der Waals surface area contributed by atoms with Gasteiger partial charge in [0.15, 0.2) is 0 Å². The van der Waals surface area contributed by atoms with Crippen molar-refractivity contribution in [2.24, 2.45) is 5.10 Å². The highest BCUT2D eigenvalue weighted by Crippen LogP contribution is 2.15. The lowest BCUT2D eigenvalue weighted by atomic mass is 10.2. The summed E-state index contributed by atoms with van der Waals surface area (Å²) in [6.45, 7) is 4.01. The minimum atomic E-state index is -0.308. The third kappa shape index (κ3) is 4.46. The van der Waals surface area contributed by atoms with E-state index in [9.17, 15) is 4.79 Å². The highest BCUT2D eigenvalue weighted by molar-refractivity contribution is 6.30. The van der Waals surface area contributed by atoms with Crippen molar-refractivity contribution in [2.75, 3.05) is 6.61 Å². The van der Waals surface area contributed by atoms with Crippen LogP contribution in [0.1, 0.15) is 15.9 Å². The molecule has 0 heterocycles. The van der Waals surface area contributed by atoms with Crippen LogP contribution < -0.4 is 10.2 Å². The number of ether oxygens (including phenoxy) is 1. The fourth-order valence-electron chi connectivity index (χ4n) is 1.69. The molecule has 0 radical (unpaired) electrons. The Labute approximate surface area is 134 Å². The van der Waals surface area contributed by atoms with Crippen LogP contribution in [0.15, 0.2) is 66.3 Å². The number of hydrogen-bond donors (Lipinski definition) is 1. The van der Waals surface area contributed by atoms with Gasteiger partial charge in [0.05, 0.1) is 6.21 Å². The number of nitrogens with one attached hydrogen (secondary N) is 1. The van der Waals surface area contributed by atoms with Gasteiger partial charge in [-0.1, -0.05) is 36.4 Å². The van der Waals surface area contributed by atoms with Crippen LogP contribution in [0, 0.1) is 0 Å². The van der Waals surface area contributed by atoms with Crippen molar-refractivity contribution in [1.29, 1.82) is 0 Å². The van der Waals surface area contributed by atoms with Crippen LogP contribution in [-0.2, 0) is 0 Å². The summed E-state index contributed by atoms with van der Waals surface area (Å²) in [4.78, 5) is 11.9. The number of hydrazone groups is 1. The average Bonchev–Trinajstić information content (AvgIpc) is 2.54. The van der Waals surface area contributed by atoms with E-state index in [2.05, 4.69) is 17.1 Å². The summed E-state index contributed by atoms with van der Waals surface area (Å²) in [5, 5.41) is 4.52. The predicted octanol–water partition coefficient (Wildman–Crippen LogP) is 3.67. The van der Waals surface area contributed by atoms with Crippen LogP contribution in [0.25, 0.3) is 0 Å². The van der Waals surface area contributed by atoms with Crippen molar-refractivity contribution < 1.29 is 9.53 Å². The molecule has 2 aromatic carbocycles. The van der Waals surface area contributed by atoms with Gasteiger partial charge in [-0.2, -0.15) is 5.10 Å². The Morgan fingerprint density at radius 3 is 2.68 bits per heavy atom. The standard InChI is InChI=1S/C17H15ClN2O2/c1-2-11-22-16-6-4-3-5-14(16)12-19-20-17(21)13-7-9-15(18)10-8-13/h2-10,12H,1,11H2,(H,20,21). The van der Waals surface area contributed by atoms with E-state index in [0.29, 0.717) is 22.9 Å². The fraction of sp³-hybridized carbons (Fsp3) is 0.0588. The first-order chi connectivity index (χ1) is 10.7. The summed E-state index contributed by atoms with van der Waals surface area (Å²) in [5.41, 5.74) is 3.71. The molecule has 2 aromatic rings. The molecule has 0 saturated carbocycles. The van der Waals surface area contributed by atoms with Crippen molar-refractivity contribution in [3.63, 3.8) is 0 Å². The molecule has 0 fully saturated rings. The van der Waals surface area contributed by atoms with Gasteiger partial charge >= 0.3 is 0 Å². The predicted molar refractivity (Wildman–Crippen MR) is 88.6 cm³/mol. The van der Waals surface area contributed by atoms with E-state index in [0.717, 1.165) is 5.56 Å². The normalized spacial score (nSPS) is 10.4. The molecule has 5 heteroatoms. The van der Waals surface area contributed by atoms with Gasteiger partial charge in [0, 0.05) is 16.1 Å². The lowest BCUT2D eigenvalue weighted by molar-refractivity contribution is 0.0955. The van der Waals surface area contributed by atoms with Gasteiger partial charge in [0.2, 0.25) is 0 Å². The van der Waals surface area contributed by atoms with Crippen LogP contribution in [0.3, 0.4) is 0 Å². The van der Waals surface area contributed by atoms with Gasteiger partial charge < -0.3 is 4.74 Å². The summed E-state index contributed by atoms with van der Waals surface area (Å²) < 4.78 is 5.50. The van der Waals surface area contributed by atoms with Gasteiger partial charge in [0.1, 0.15) is 12.4 Å². The molecule has 22 heavy (non-hydrogen) atoms. The summed E-state index contributed by atoms with van der Waals surface area (Å²) in [6.07, 6.45) is 3.20. The maximum absolute atomic E-state index is 11.9. The Morgan fingerprint density at radius 2 is 1.95 bits per heavy atom. The Bertz CT molecular complexity index is 681. The summed E-state index contributed by atoms with van der Waals surface area (Å²) in [6, 6.07) is 14.0. The number of halogens is 1. The SMILES string of the molecule is C=CCOc1ccccc1C=NNC(=O)c1ccc(Cl)cc1. The first-order valence-electron chi connectivity index (χ1n) is 6.62. The van der Waals surface area contributed by atoms with Gasteiger partial charge in [-0.25, -0.2) is 5.43 Å². The molecule has 2 rings (SSSR count). The molecule has 0 bridgehead atoms. The molecule has 0 saturated heterocycles. The molecule has 0 spiro atoms. The zero-order valence-corrected chi connectivity index (χ0v) is 12.6. The van der Waals surface area contributed by atoms with Crippen LogP contribution in [-0.4, -0.2) is 18.7 Å². The minimum Gasteiger partial charge on any atom is -0.489 e. The van der Waals surface area contributed by atoms with Gasteiger partial charge in [-0.3, -0.25) is 4.79 Å². The van der Waals surface area contributed by atoms with E-state index >= 15 is 0 Å². The highest BCUT2D eigenvalue weighted by Gasteiger charge is 2.04. The molecule has 4 nitrogen and oxygen atoms in total. The van der Waals surface area contributed by atoms with E-state index < -0.39 is 0 Å². The van der Waals surface area contributed by atoms with E-state index in [1.807, 2.05) is 24.3 Å². The van der Waals surface area contributed by atoms with Crippen molar-refractivity contribution in [3.8, 4) is 5.75 Å². The lowest BCUT2D eigenvalue weighted by Crippen LogP contribution is -2.17. The minimum absolute atomic E-state index is 0.308. The van der Waals surface area contributed by atoms with E-state index in [1.165, 1.54) is 6.21 Å². The number of amides is 1.